The van der Waals surface area contributed by atoms with E-state index in [0.29, 0.717) is 17.8 Å². The molecule has 7 heteroatoms. The Hall–Kier alpha value is -1.89. The van der Waals surface area contributed by atoms with Crippen LogP contribution < -0.4 is 10.6 Å². The van der Waals surface area contributed by atoms with Crippen LogP contribution >= 0.6 is 11.3 Å². The number of carbonyl (C=O) groups is 3. The van der Waals surface area contributed by atoms with E-state index in [1.165, 1.54) is 18.4 Å². The van der Waals surface area contributed by atoms with Crippen molar-refractivity contribution in [1.82, 2.24) is 10.6 Å². The Morgan fingerprint density at radius 3 is 2.54 bits per heavy atom. The van der Waals surface area contributed by atoms with E-state index >= 15 is 0 Å². The first kappa shape index (κ1) is 20.2. The number of methoxy groups -OCH3 is 1. The van der Waals surface area contributed by atoms with Crippen molar-refractivity contribution in [2.75, 3.05) is 13.7 Å². The maximum Gasteiger partial charge on any atom is 0.305 e. The summed E-state index contributed by atoms with van der Waals surface area (Å²) >= 11 is 1.35. The molecule has 0 bridgehead atoms. The number of carbonyl (C=O) groups excluding carboxylic acids is 3. The van der Waals surface area contributed by atoms with Crippen LogP contribution in [0.3, 0.4) is 0 Å². The van der Waals surface area contributed by atoms with Crippen molar-refractivity contribution in [3.63, 3.8) is 0 Å². The Kier molecular flexibility index (Phi) is 9.07. The first-order valence-electron chi connectivity index (χ1n) is 8.14. The lowest BCUT2D eigenvalue weighted by molar-refractivity contribution is -0.140. The molecule has 0 radical (unpaired) electrons. The average Bonchev–Trinajstić information content (AvgIpc) is 3.09. The molecule has 6 nitrogen and oxygen atoms in total. The van der Waals surface area contributed by atoms with Crippen molar-refractivity contribution in [2.45, 2.75) is 45.6 Å². The molecule has 0 spiro atoms. The van der Waals surface area contributed by atoms with E-state index in [9.17, 15) is 14.4 Å². The van der Waals surface area contributed by atoms with Crippen molar-refractivity contribution in [1.29, 1.82) is 0 Å². The number of ether oxygens (including phenoxy) is 1. The van der Waals surface area contributed by atoms with Gasteiger partial charge in [0.15, 0.2) is 0 Å². The molecule has 0 aliphatic rings. The van der Waals surface area contributed by atoms with Crippen LogP contribution in [0, 0.1) is 5.92 Å². The van der Waals surface area contributed by atoms with Crippen LogP contribution in [0.15, 0.2) is 17.5 Å². The van der Waals surface area contributed by atoms with Crippen LogP contribution in [-0.4, -0.2) is 37.5 Å². The van der Waals surface area contributed by atoms with Gasteiger partial charge in [-0.15, -0.1) is 11.3 Å². The van der Waals surface area contributed by atoms with E-state index in [-0.39, 0.29) is 23.7 Å². The maximum atomic E-state index is 12.3. The van der Waals surface area contributed by atoms with Gasteiger partial charge in [-0.3, -0.25) is 14.4 Å². The van der Waals surface area contributed by atoms with Crippen molar-refractivity contribution < 1.29 is 19.1 Å². The minimum atomic E-state index is -0.560. The van der Waals surface area contributed by atoms with Gasteiger partial charge in [0.1, 0.15) is 6.04 Å². The lowest BCUT2D eigenvalue weighted by atomic mass is 10.0. The van der Waals surface area contributed by atoms with E-state index < -0.39 is 6.04 Å². The van der Waals surface area contributed by atoms with Crippen LogP contribution in [-0.2, 0) is 14.3 Å². The Balaban J connectivity index is 2.33. The van der Waals surface area contributed by atoms with Crippen LogP contribution in [0.25, 0.3) is 0 Å². The zero-order chi connectivity index (χ0) is 17.9. The van der Waals surface area contributed by atoms with Gasteiger partial charge in [-0.1, -0.05) is 26.3 Å². The topological polar surface area (TPSA) is 84.5 Å². The van der Waals surface area contributed by atoms with Gasteiger partial charge in [0.25, 0.3) is 5.91 Å². The quantitative estimate of drug-likeness (QED) is 0.499. The molecule has 0 aromatic carbocycles. The minimum Gasteiger partial charge on any atom is -0.469 e. The highest BCUT2D eigenvalue weighted by molar-refractivity contribution is 7.12. The number of rotatable bonds is 10. The van der Waals surface area contributed by atoms with Gasteiger partial charge < -0.3 is 15.4 Å². The third kappa shape index (κ3) is 7.12. The van der Waals surface area contributed by atoms with Crippen LogP contribution in [0.4, 0.5) is 0 Å². The number of unbranched alkanes of at least 4 members (excludes halogenated alkanes) is 2. The molecule has 0 fully saturated rings. The Labute approximate surface area is 147 Å². The highest BCUT2D eigenvalue weighted by Gasteiger charge is 2.24. The predicted molar refractivity (Wildman–Crippen MR) is 93.9 cm³/mol. The summed E-state index contributed by atoms with van der Waals surface area (Å²) < 4.78 is 4.57. The molecule has 2 amide bonds. The summed E-state index contributed by atoms with van der Waals surface area (Å²) in [5, 5.41) is 7.47. The normalized spacial score (nSPS) is 11.8. The number of hydrogen-bond donors (Lipinski definition) is 2. The number of esters is 1. The van der Waals surface area contributed by atoms with Crippen molar-refractivity contribution in [2.24, 2.45) is 5.92 Å². The van der Waals surface area contributed by atoms with Crippen LogP contribution in [0.2, 0.25) is 0 Å². The summed E-state index contributed by atoms with van der Waals surface area (Å²) in [6.45, 7) is 4.32. The fraction of sp³-hybridized carbons (Fsp3) is 0.588. The molecular weight excluding hydrogens is 328 g/mol. The highest BCUT2D eigenvalue weighted by Crippen LogP contribution is 2.10. The fourth-order valence-electron chi connectivity index (χ4n) is 2.15. The lowest BCUT2D eigenvalue weighted by Crippen LogP contribution is -2.49. The van der Waals surface area contributed by atoms with Gasteiger partial charge in [0.2, 0.25) is 5.91 Å². The third-order valence-corrected chi connectivity index (χ3v) is 4.43. The van der Waals surface area contributed by atoms with E-state index in [1.54, 1.807) is 12.1 Å². The van der Waals surface area contributed by atoms with E-state index in [0.717, 1.165) is 19.3 Å². The summed E-state index contributed by atoms with van der Waals surface area (Å²) in [6.07, 6.45) is 2.76. The van der Waals surface area contributed by atoms with Gasteiger partial charge in [0, 0.05) is 13.0 Å². The second kappa shape index (κ2) is 10.8. The van der Waals surface area contributed by atoms with Gasteiger partial charge in [-0.05, 0) is 30.2 Å². The second-order valence-corrected chi connectivity index (χ2v) is 6.80. The van der Waals surface area contributed by atoms with Crippen LogP contribution in [0.5, 0.6) is 0 Å². The first-order valence-corrected chi connectivity index (χ1v) is 9.02. The number of nitrogens with one attached hydrogen (secondary N) is 2. The molecule has 1 atom stereocenters. The van der Waals surface area contributed by atoms with Gasteiger partial charge in [-0.25, -0.2) is 0 Å². The van der Waals surface area contributed by atoms with E-state index in [2.05, 4.69) is 15.4 Å². The summed E-state index contributed by atoms with van der Waals surface area (Å²) in [5.41, 5.74) is 0. The number of amides is 2. The molecular formula is C17H26N2O4S. The standard InChI is InChI=1S/C17H26N2O4S/c1-12(2)15(19-16(21)13-8-7-11-24-13)17(22)18-10-6-4-5-9-14(20)23-3/h7-8,11-12,15H,4-6,9-10H2,1-3H3,(H,18,22)(H,19,21). The molecule has 1 rings (SSSR count). The zero-order valence-electron chi connectivity index (χ0n) is 14.5. The first-order chi connectivity index (χ1) is 11.5. The average molecular weight is 354 g/mol. The summed E-state index contributed by atoms with van der Waals surface area (Å²) in [7, 11) is 1.37. The van der Waals surface area contributed by atoms with Crippen molar-refractivity contribution in [3.05, 3.63) is 22.4 Å². The lowest BCUT2D eigenvalue weighted by Gasteiger charge is -2.21. The number of hydrogen-bond acceptors (Lipinski definition) is 5. The van der Waals surface area contributed by atoms with Gasteiger partial charge in [-0.2, -0.15) is 0 Å². The predicted octanol–water partition coefficient (Wildman–Crippen LogP) is 2.35. The summed E-state index contributed by atoms with van der Waals surface area (Å²) in [5.74, 6) is -0.622. The van der Waals surface area contributed by atoms with E-state index in [4.69, 9.17) is 0 Å². The second-order valence-electron chi connectivity index (χ2n) is 5.85. The minimum absolute atomic E-state index is 0.00626. The molecule has 0 saturated carbocycles. The molecule has 0 aliphatic carbocycles. The molecule has 134 valence electrons. The summed E-state index contributed by atoms with van der Waals surface area (Å²) in [4.78, 5) is 36.0. The summed E-state index contributed by atoms with van der Waals surface area (Å²) in [6, 6.07) is 2.98. The van der Waals surface area contributed by atoms with Gasteiger partial charge in [0.05, 0.1) is 12.0 Å². The molecule has 1 heterocycles. The molecule has 1 aromatic heterocycles. The molecule has 0 saturated heterocycles. The Morgan fingerprint density at radius 2 is 1.96 bits per heavy atom. The van der Waals surface area contributed by atoms with Crippen molar-refractivity contribution >= 4 is 29.1 Å². The molecule has 1 aromatic rings. The molecule has 0 aliphatic heterocycles. The SMILES string of the molecule is COC(=O)CCCCCNC(=O)C(NC(=O)c1cccs1)C(C)C. The third-order valence-electron chi connectivity index (χ3n) is 3.57. The fourth-order valence-corrected chi connectivity index (χ4v) is 2.78. The van der Waals surface area contributed by atoms with Crippen molar-refractivity contribution in [3.8, 4) is 0 Å². The van der Waals surface area contributed by atoms with E-state index in [1.807, 2.05) is 19.2 Å². The monoisotopic (exact) mass is 354 g/mol. The molecule has 2 N–H and O–H groups in total. The molecule has 1 unspecified atom stereocenters. The zero-order valence-corrected chi connectivity index (χ0v) is 15.3. The Bertz CT molecular complexity index is 529. The number of thiophene rings is 1. The van der Waals surface area contributed by atoms with Crippen LogP contribution in [0.1, 0.15) is 49.2 Å². The smallest absolute Gasteiger partial charge is 0.305 e. The highest BCUT2D eigenvalue weighted by atomic mass is 32.1. The molecule has 24 heavy (non-hydrogen) atoms. The maximum absolute atomic E-state index is 12.3. The Morgan fingerprint density at radius 1 is 1.21 bits per heavy atom. The van der Waals surface area contributed by atoms with Gasteiger partial charge >= 0.3 is 5.97 Å². The largest absolute Gasteiger partial charge is 0.469 e.